The normalized spacial score (nSPS) is 18.4. The molecule has 3 heterocycles. The average Bonchev–Trinajstić information content (AvgIpc) is 3.41. The SMILES string of the molecule is CCC(NC(=O)c1ccc2c(c1)C(=Cc1[nH]c(C)c(C(=O)NC3CCCNC3)c1C)C(=O)N2)c1ccccc1. The molecule has 1 aromatic heterocycles. The van der Waals surface area contributed by atoms with Crippen molar-refractivity contribution < 1.29 is 14.4 Å². The molecule has 3 amide bonds. The number of carbonyl (C=O) groups is 3. The summed E-state index contributed by atoms with van der Waals surface area (Å²) in [6, 6.07) is 15.1. The largest absolute Gasteiger partial charge is 0.358 e. The van der Waals surface area contributed by atoms with Crippen molar-refractivity contribution in [3.63, 3.8) is 0 Å². The summed E-state index contributed by atoms with van der Waals surface area (Å²) >= 11 is 0. The Bertz CT molecular complexity index is 1430. The number of aryl methyl sites for hydroxylation is 1. The number of hydrogen-bond acceptors (Lipinski definition) is 4. The number of aromatic amines is 1. The fraction of sp³-hybridized carbons (Fsp3) is 0.323. The van der Waals surface area contributed by atoms with Gasteiger partial charge >= 0.3 is 0 Å². The minimum atomic E-state index is -0.246. The smallest absolute Gasteiger partial charge is 0.256 e. The summed E-state index contributed by atoms with van der Waals surface area (Å²) in [4.78, 5) is 42.5. The Kier molecular flexibility index (Phi) is 7.65. The first kappa shape index (κ1) is 26.4. The van der Waals surface area contributed by atoms with Crippen LogP contribution in [-0.2, 0) is 4.79 Å². The Balaban J connectivity index is 1.39. The molecule has 0 bridgehead atoms. The molecule has 2 aromatic carbocycles. The lowest BCUT2D eigenvalue weighted by molar-refractivity contribution is -0.110. The summed E-state index contributed by atoms with van der Waals surface area (Å²) in [7, 11) is 0. The third-order valence-electron chi connectivity index (χ3n) is 7.60. The van der Waals surface area contributed by atoms with Gasteiger partial charge in [0.05, 0.1) is 17.2 Å². The van der Waals surface area contributed by atoms with Crippen molar-refractivity contribution in [2.75, 3.05) is 18.4 Å². The second kappa shape index (κ2) is 11.3. The number of benzene rings is 2. The molecule has 5 N–H and O–H groups in total. The average molecular weight is 526 g/mol. The number of piperidine rings is 1. The molecular formula is C31H35N5O3. The van der Waals surface area contributed by atoms with E-state index >= 15 is 0 Å². The lowest BCUT2D eigenvalue weighted by atomic mass is 10.00. The van der Waals surface area contributed by atoms with Crippen LogP contribution in [0, 0.1) is 13.8 Å². The van der Waals surface area contributed by atoms with Crippen LogP contribution in [0.25, 0.3) is 11.6 Å². The van der Waals surface area contributed by atoms with Crippen molar-refractivity contribution in [2.24, 2.45) is 0 Å². The Morgan fingerprint density at radius 1 is 1.10 bits per heavy atom. The van der Waals surface area contributed by atoms with E-state index in [1.165, 1.54) is 0 Å². The third-order valence-corrected chi connectivity index (χ3v) is 7.60. The second-order valence-corrected chi connectivity index (χ2v) is 10.3. The van der Waals surface area contributed by atoms with Crippen molar-refractivity contribution >= 4 is 35.1 Å². The molecule has 2 atom stereocenters. The monoisotopic (exact) mass is 525 g/mol. The second-order valence-electron chi connectivity index (χ2n) is 10.3. The minimum Gasteiger partial charge on any atom is -0.358 e. The Hall–Kier alpha value is -4.17. The van der Waals surface area contributed by atoms with Gasteiger partial charge in [0.2, 0.25) is 0 Å². The number of amides is 3. The predicted molar refractivity (Wildman–Crippen MR) is 154 cm³/mol. The first-order valence-corrected chi connectivity index (χ1v) is 13.6. The van der Waals surface area contributed by atoms with E-state index in [1.807, 2.05) is 51.1 Å². The summed E-state index contributed by atoms with van der Waals surface area (Å²) in [6.07, 6.45) is 4.51. The topological polar surface area (TPSA) is 115 Å². The van der Waals surface area contributed by atoms with E-state index in [1.54, 1.807) is 24.3 Å². The number of anilines is 1. The standard InChI is InChI=1S/C31H35N5O3/c1-4-25(20-9-6-5-7-10-20)35-29(37)21-12-13-26-23(15-21)24(30(38)36-26)16-27-18(2)28(19(3)33-27)31(39)34-22-11-8-14-32-17-22/h5-7,9-10,12-13,15-16,22,25,32-33H,4,8,11,14,17H2,1-3H3,(H,34,39)(H,35,37)(H,36,38). The van der Waals surface area contributed by atoms with Crippen molar-refractivity contribution in [2.45, 2.75) is 52.1 Å². The fourth-order valence-electron chi connectivity index (χ4n) is 5.46. The van der Waals surface area contributed by atoms with Gasteiger partial charge in [-0.3, -0.25) is 14.4 Å². The van der Waals surface area contributed by atoms with Crippen LogP contribution in [0.5, 0.6) is 0 Å². The molecule has 8 nitrogen and oxygen atoms in total. The summed E-state index contributed by atoms with van der Waals surface area (Å²) in [5.74, 6) is -0.557. The maximum absolute atomic E-state index is 13.2. The highest BCUT2D eigenvalue weighted by molar-refractivity contribution is 6.35. The molecule has 3 aromatic rings. The number of fused-ring (bicyclic) bond motifs is 1. The van der Waals surface area contributed by atoms with Crippen LogP contribution in [0.15, 0.2) is 48.5 Å². The van der Waals surface area contributed by atoms with Gasteiger partial charge in [0.15, 0.2) is 0 Å². The van der Waals surface area contributed by atoms with E-state index in [0.717, 1.165) is 49.2 Å². The van der Waals surface area contributed by atoms with Crippen LogP contribution < -0.4 is 21.3 Å². The van der Waals surface area contributed by atoms with Crippen molar-refractivity contribution in [3.05, 3.63) is 87.7 Å². The molecule has 0 radical (unpaired) electrons. The summed E-state index contributed by atoms with van der Waals surface area (Å²) in [5.41, 5.74) is 6.11. The zero-order chi connectivity index (χ0) is 27.5. The number of carbonyl (C=O) groups excluding carboxylic acids is 3. The van der Waals surface area contributed by atoms with E-state index in [-0.39, 0.29) is 29.8 Å². The third kappa shape index (κ3) is 5.52. The zero-order valence-electron chi connectivity index (χ0n) is 22.6. The highest BCUT2D eigenvalue weighted by Crippen LogP contribution is 2.35. The van der Waals surface area contributed by atoms with Gasteiger partial charge in [-0.1, -0.05) is 37.3 Å². The summed E-state index contributed by atoms with van der Waals surface area (Å²) < 4.78 is 0. The van der Waals surface area contributed by atoms with E-state index in [4.69, 9.17) is 0 Å². The molecular weight excluding hydrogens is 490 g/mol. The van der Waals surface area contributed by atoms with E-state index in [9.17, 15) is 14.4 Å². The predicted octanol–water partition coefficient (Wildman–Crippen LogP) is 4.49. The quantitative estimate of drug-likeness (QED) is 0.293. The summed E-state index contributed by atoms with van der Waals surface area (Å²) in [5, 5.41) is 12.5. The molecule has 8 heteroatoms. The van der Waals surface area contributed by atoms with Crippen molar-refractivity contribution in [3.8, 4) is 0 Å². The molecule has 39 heavy (non-hydrogen) atoms. The number of H-pyrrole nitrogens is 1. The first-order valence-electron chi connectivity index (χ1n) is 13.6. The van der Waals surface area contributed by atoms with Crippen LogP contribution >= 0.6 is 0 Å². The highest BCUT2D eigenvalue weighted by atomic mass is 16.2. The lowest BCUT2D eigenvalue weighted by Crippen LogP contribution is -2.45. The molecule has 0 aliphatic carbocycles. The number of hydrogen-bond donors (Lipinski definition) is 5. The number of aromatic nitrogens is 1. The van der Waals surface area contributed by atoms with Crippen LogP contribution in [0.3, 0.4) is 0 Å². The van der Waals surface area contributed by atoms with Gasteiger partial charge in [0, 0.05) is 40.8 Å². The van der Waals surface area contributed by atoms with Gasteiger partial charge in [-0.2, -0.15) is 0 Å². The molecule has 1 fully saturated rings. The maximum atomic E-state index is 13.2. The number of nitrogens with one attached hydrogen (secondary N) is 5. The Morgan fingerprint density at radius 2 is 1.90 bits per heavy atom. The van der Waals surface area contributed by atoms with Gasteiger partial charge in [-0.05, 0) is 75.1 Å². The number of rotatable bonds is 7. The van der Waals surface area contributed by atoms with E-state index < -0.39 is 0 Å². The zero-order valence-corrected chi connectivity index (χ0v) is 22.6. The van der Waals surface area contributed by atoms with Gasteiger partial charge in [-0.25, -0.2) is 0 Å². The van der Waals surface area contributed by atoms with Crippen molar-refractivity contribution in [1.82, 2.24) is 20.9 Å². The van der Waals surface area contributed by atoms with Gasteiger partial charge in [0.1, 0.15) is 0 Å². The van der Waals surface area contributed by atoms with E-state index in [0.29, 0.717) is 33.6 Å². The molecule has 1 saturated heterocycles. The molecule has 202 valence electrons. The molecule has 0 spiro atoms. The van der Waals surface area contributed by atoms with Crippen LogP contribution in [0.1, 0.15) is 81.0 Å². The van der Waals surface area contributed by atoms with Crippen molar-refractivity contribution in [1.29, 1.82) is 0 Å². The van der Waals surface area contributed by atoms with E-state index in [2.05, 4.69) is 26.3 Å². The highest BCUT2D eigenvalue weighted by Gasteiger charge is 2.28. The first-order chi connectivity index (χ1) is 18.9. The molecule has 0 saturated carbocycles. The van der Waals surface area contributed by atoms with Gasteiger partial charge in [0.25, 0.3) is 17.7 Å². The Labute approximate surface area is 228 Å². The molecule has 2 aliphatic heterocycles. The van der Waals surface area contributed by atoms with Crippen LogP contribution in [-0.4, -0.2) is 41.8 Å². The maximum Gasteiger partial charge on any atom is 0.256 e. The van der Waals surface area contributed by atoms with Gasteiger partial charge < -0.3 is 26.3 Å². The molecule has 2 unspecified atom stereocenters. The Morgan fingerprint density at radius 3 is 2.62 bits per heavy atom. The summed E-state index contributed by atoms with van der Waals surface area (Å²) in [6.45, 7) is 7.53. The van der Waals surface area contributed by atoms with Gasteiger partial charge in [-0.15, -0.1) is 0 Å². The lowest BCUT2D eigenvalue weighted by Gasteiger charge is -2.23. The molecule has 5 rings (SSSR count). The fourth-order valence-corrected chi connectivity index (χ4v) is 5.46. The molecule has 2 aliphatic rings. The van der Waals surface area contributed by atoms with Crippen LogP contribution in [0.2, 0.25) is 0 Å². The van der Waals surface area contributed by atoms with Crippen LogP contribution in [0.4, 0.5) is 5.69 Å². The minimum absolute atomic E-state index is 0.105.